The van der Waals surface area contributed by atoms with E-state index in [-0.39, 0.29) is 17.9 Å². The summed E-state index contributed by atoms with van der Waals surface area (Å²) in [6.45, 7) is 4.34. The molecule has 2 rings (SSSR count). The van der Waals surface area contributed by atoms with Gasteiger partial charge in [-0.3, -0.25) is 9.59 Å². The molecule has 18 heavy (non-hydrogen) atoms. The molecular weight excluding hydrogens is 230 g/mol. The SMILES string of the molecule is O=C1CCC(C(=O)NCCCCN2CCCC2)N1. The van der Waals surface area contributed by atoms with Crippen LogP contribution in [-0.4, -0.2) is 48.9 Å². The van der Waals surface area contributed by atoms with E-state index in [0.29, 0.717) is 12.8 Å². The standard InChI is InChI=1S/C13H23N3O2/c17-12-6-5-11(15-12)13(18)14-7-1-2-8-16-9-3-4-10-16/h11H,1-10H2,(H,14,18)(H,15,17). The number of carbonyl (C=O) groups is 2. The van der Waals surface area contributed by atoms with E-state index < -0.39 is 0 Å². The van der Waals surface area contributed by atoms with E-state index >= 15 is 0 Å². The fourth-order valence-corrected chi connectivity index (χ4v) is 2.61. The van der Waals surface area contributed by atoms with Gasteiger partial charge >= 0.3 is 0 Å². The highest BCUT2D eigenvalue weighted by atomic mass is 16.2. The van der Waals surface area contributed by atoms with Crippen LogP contribution in [0.3, 0.4) is 0 Å². The van der Waals surface area contributed by atoms with Crippen LogP contribution >= 0.6 is 0 Å². The highest BCUT2D eigenvalue weighted by Crippen LogP contribution is 2.08. The number of hydrogen-bond donors (Lipinski definition) is 2. The summed E-state index contributed by atoms with van der Waals surface area (Å²) < 4.78 is 0. The number of unbranched alkanes of at least 4 members (excludes halogenated alkanes) is 1. The maximum absolute atomic E-state index is 11.7. The minimum absolute atomic E-state index is 0.0100. The molecule has 0 radical (unpaired) electrons. The van der Waals surface area contributed by atoms with Crippen LogP contribution in [0.15, 0.2) is 0 Å². The zero-order chi connectivity index (χ0) is 12.8. The van der Waals surface area contributed by atoms with Crippen LogP contribution < -0.4 is 10.6 Å². The monoisotopic (exact) mass is 253 g/mol. The lowest BCUT2D eigenvalue weighted by Crippen LogP contribution is -2.42. The normalized spacial score (nSPS) is 24.2. The summed E-state index contributed by atoms with van der Waals surface area (Å²) in [5.41, 5.74) is 0. The first-order valence-electron chi connectivity index (χ1n) is 7.05. The topological polar surface area (TPSA) is 61.4 Å². The van der Waals surface area contributed by atoms with Crippen molar-refractivity contribution in [2.75, 3.05) is 26.2 Å². The molecule has 2 aliphatic rings. The summed E-state index contributed by atoms with van der Waals surface area (Å²) in [7, 11) is 0. The van der Waals surface area contributed by atoms with Crippen molar-refractivity contribution >= 4 is 11.8 Å². The van der Waals surface area contributed by atoms with Crippen LogP contribution in [0.4, 0.5) is 0 Å². The third-order valence-electron chi connectivity index (χ3n) is 3.71. The van der Waals surface area contributed by atoms with Crippen LogP contribution in [0.1, 0.15) is 38.5 Å². The zero-order valence-corrected chi connectivity index (χ0v) is 10.9. The maximum atomic E-state index is 11.7. The van der Waals surface area contributed by atoms with Crippen molar-refractivity contribution in [3.63, 3.8) is 0 Å². The Balaban J connectivity index is 1.49. The third kappa shape index (κ3) is 3.98. The number of nitrogens with zero attached hydrogens (tertiary/aromatic N) is 1. The number of likely N-dealkylation sites (tertiary alicyclic amines) is 1. The number of carbonyl (C=O) groups excluding carboxylic acids is 2. The molecule has 2 N–H and O–H groups in total. The fourth-order valence-electron chi connectivity index (χ4n) is 2.61. The van der Waals surface area contributed by atoms with Gasteiger partial charge in [0.25, 0.3) is 0 Å². The minimum Gasteiger partial charge on any atom is -0.354 e. The quantitative estimate of drug-likeness (QED) is 0.667. The van der Waals surface area contributed by atoms with Crippen molar-refractivity contribution in [3.8, 4) is 0 Å². The lowest BCUT2D eigenvalue weighted by molar-refractivity contribution is -0.125. The van der Waals surface area contributed by atoms with E-state index in [1.54, 1.807) is 0 Å². The molecule has 2 saturated heterocycles. The molecule has 5 heteroatoms. The molecule has 2 fully saturated rings. The number of amides is 2. The molecular formula is C13H23N3O2. The fraction of sp³-hybridized carbons (Fsp3) is 0.846. The van der Waals surface area contributed by atoms with Crippen LogP contribution in [0.25, 0.3) is 0 Å². The van der Waals surface area contributed by atoms with Gasteiger partial charge in [0.15, 0.2) is 0 Å². The van der Waals surface area contributed by atoms with Crippen LogP contribution in [0.5, 0.6) is 0 Å². The summed E-state index contributed by atoms with van der Waals surface area (Å²) in [6.07, 6.45) is 5.93. The van der Waals surface area contributed by atoms with Crippen LogP contribution in [0.2, 0.25) is 0 Å². The predicted molar refractivity (Wildman–Crippen MR) is 69.1 cm³/mol. The van der Waals surface area contributed by atoms with E-state index in [1.165, 1.54) is 25.9 Å². The first-order valence-corrected chi connectivity index (χ1v) is 7.05. The summed E-state index contributed by atoms with van der Waals surface area (Å²) in [5, 5.41) is 5.58. The van der Waals surface area contributed by atoms with Crippen molar-refractivity contribution < 1.29 is 9.59 Å². The average molecular weight is 253 g/mol. The molecule has 5 nitrogen and oxygen atoms in total. The van der Waals surface area contributed by atoms with Gasteiger partial charge in [-0.15, -0.1) is 0 Å². The Bertz CT molecular complexity index is 301. The second-order valence-corrected chi connectivity index (χ2v) is 5.21. The zero-order valence-electron chi connectivity index (χ0n) is 10.9. The molecule has 102 valence electrons. The molecule has 0 aromatic carbocycles. The third-order valence-corrected chi connectivity index (χ3v) is 3.71. The molecule has 2 aliphatic heterocycles. The van der Waals surface area contributed by atoms with Gasteiger partial charge in [-0.1, -0.05) is 0 Å². The average Bonchev–Trinajstić information content (AvgIpc) is 2.99. The largest absolute Gasteiger partial charge is 0.354 e. The Kier molecular flexibility index (Phi) is 4.99. The van der Waals surface area contributed by atoms with Gasteiger partial charge in [-0.05, 0) is 51.7 Å². The van der Waals surface area contributed by atoms with Gasteiger partial charge in [-0.25, -0.2) is 0 Å². The van der Waals surface area contributed by atoms with Crippen molar-refractivity contribution in [3.05, 3.63) is 0 Å². The molecule has 0 aromatic rings. The Labute approximate surface area is 108 Å². The first kappa shape index (κ1) is 13.3. The summed E-state index contributed by atoms with van der Waals surface area (Å²) in [6, 6.07) is -0.295. The molecule has 2 heterocycles. The number of nitrogens with one attached hydrogen (secondary N) is 2. The van der Waals surface area contributed by atoms with Crippen molar-refractivity contribution in [1.82, 2.24) is 15.5 Å². The second-order valence-electron chi connectivity index (χ2n) is 5.21. The lowest BCUT2D eigenvalue weighted by Gasteiger charge is -2.14. The molecule has 0 bridgehead atoms. The molecule has 0 aromatic heterocycles. The molecule has 0 saturated carbocycles. The van der Waals surface area contributed by atoms with E-state index in [1.807, 2.05) is 0 Å². The van der Waals surface area contributed by atoms with Gasteiger partial charge in [-0.2, -0.15) is 0 Å². The number of hydrogen-bond acceptors (Lipinski definition) is 3. The smallest absolute Gasteiger partial charge is 0.242 e. The summed E-state index contributed by atoms with van der Waals surface area (Å²) >= 11 is 0. The Morgan fingerprint density at radius 2 is 2.11 bits per heavy atom. The van der Waals surface area contributed by atoms with Crippen LogP contribution in [0, 0.1) is 0 Å². The Morgan fingerprint density at radius 1 is 1.33 bits per heavy atom. The van der Waals surface area contributed by atoms with Gasteiger partial charge in [0.2, 0.25) is 11.8 Å². The molecule has 2 amide bonds. The number of rotatable bonds is 6. The Hall–Kier alpha value is -1.10. The van der Waals surface area contributed by atoms with Crippen molar-refractivity contribution in [2.24, 2.45) is 0 Å². The van der Waals surface area contributed by atoms with E-state index in [2.05, 4.69) is 15.5 Å². The van der Waals surface area contributed by atoms with Gasteiger partial charge in [0.1, 0.15) is 6.04 Å². The first-order chi connectivity index (χ1) is 8.75. The molecule has 1 atom stereocenters. The highest BCUT2D eigenvalue weighted by molar-refractivity contribution is 5.90. The minimum atomic E-state index is -0.295. The molecule has 0 spiro atoms. The highest BCUT2D eigenvalue weighted by Gasteiger charge is 2.26. The van der Waals surface area contributed by atoms with Gasteiger partial charge in [0.05, 0.1) is 0 Å². The second kappa shape index (κ2) is 6.73. The molecule has 0 aliphatic carbocycles. The van der Waals surface area contributed by atoms with E-state index in [4.69, 9.17) is 0 Å². The predicted octanol–water partition coefficient (Wildman–Crippen LogP) is 0.257. The van der Waals surface area contributed by atoms with Crippen LogP contribution in [-0.2, 0) is 9.59 Å². The maximum Gasteiger partial charge on any atom is 0.242 e. The van der Waals surface area contributed by atoms with Crippen molar-refractivity contribution in [1.29, 1.82) is 0 Å². The summed E-state index contributed by atoms with van der Waals surface area (Å²) in [5.74, 6) is -0.0359. The van der Waals surface area contributed by atoms with Gasteiger partial charge in [0, 0.05) is 13.0 Å². The Morgan fingerprint density at radius 3 is 2.78 bits per heavy atom. The van der Waals surface area contributed by atoms with Crippen molar-refractivity contribution in [2.45, 2.75) is 44.6 Å². The summed E-state index contributed by atoms with van der Waals surface area (Å²) in [4.78, 5) is 25.1. The van der Waals surface area contributed by atoms with E-state index in [9.17, 15) is 9.59 Å². The van der Waals surface area contributed by atoms with E-state index in [0.717, 1.165) is 25.9 Å². The van der Waals surface area contributed by atoms with Gasteiger partial charge < -0.3 is 15.5 Å². The lowest BCUT2D eigenvalue weighted by atomic mass is 10.2. The molecule has 1 unspecified atom stereocenters.